The van der Waals surface area contributed by atoms with E-state index in [0.29, 0.717) is 18.4 Å². The smallest absolute Gasteiger partial charge is 0.355 e. The Morgan fingerprint density at radius 3 is 2.90 bits per heavy atom. The lowest BCUT2D eigenvalue weighted by Gasteiger charge is -2.34. The van der Waals surface area contributed by atoms with E-state index in [9.17, 15) is 13.2 Å². The predicted molar refractivity (Wildman–Crippen MR) is 72.8 cm³/mol. The molecule has 112 valence electrons. The van der Waals surface area contributed by atoms with Crippen molar-refractivity contribution in [3.63, 3.8) is 0 Å². The number of nitrogens with zero attached hydrogens (tertiary/aromatic N) is 2. The minimum absolute atomic E-state index is 0.333. The zero-order chi connectivity index (χ0) is 14.6. The van der Waals surface area contributed by atoms with Gasteiger partial charge in [0.2, 0.25) is 0 Å². The third-order valence-corrected chi connectivity index (χ3v) is 3.45. The molecule has 0 aliphatic carbocycles. The molecule has 0 aromatic carbocycles. The molecule has 1 unspecified atom stereocenters. The minimum atomic E-state index is -4.38. The average Bonchev–Trinajstić information content (AvgIpc) is 2.45. The molecule has 1 aromatic rings. The van der Waals surface area contributed by atoms with Crippen LogP contribution in [0.15, 0.2) is 18.2 Å². The summed E-state index contributed by atoms with van der Waals surface area (Å²) in [5, 5.41) is 3.42. The van der Waals surface area contributed by atoms with Crippen molar-refractivity contribution in [1.29, 1.82) is 0 Å². The van der Waals surface area contributed by atoms with Crippen LogP contribution in [-0.2, 0) is 6.18 Å². The second kappa shape index (κ2) is 6.43. The van der Waals surface area contributed by atoms with Gasteiger partial charge in [-0.25, -0.2) is 4.98 Å². The summed E-state index contributed by atoms with van der Waals surface area (Å²) in [7, 11) is 0. The van der Waals surface area contributed by atoms with Gasteiger partial charge in [-0.05, 0) is 37.9 Å². The normalized spacial score (nSPS) is 20.2. The first-order valence-corrected chi connectivity index (χ1v) is 7.03. The average molecular weight is 287 g/mol. The summed E-state index contributed by atoms with van der Waals surface area (Å²) in [5.41, 5.74) is -0.821. The van der Waals surface area contributed by atoms with Crippen molar-refractivity contribution in [2.45, 2.75) is 38.4 Å². The lowest BCUT2D eigenvalue weighted by Crippen LogP contribution is -2.46. The van der Waals surface area contributed by atoms with Crippen LogP contribution < -0.4 is 10.2 Å². The van der Waals surface area contributed by atoms with Gasteiger partial charge in [-0.1, -0.05) is 13.0 Å². The van der Waals surface area contributed by atoms with Crippen LogP contribution in [0.5, 0.6) is 0 Å². The minimum Gasteiger partial charge on any atom is -0.355 e. The van der Waals surface area contributed by atoms with Crippen molar-refractivity contribution in [2.24, 2.45) is 0 Å². The Hall–Kier alpha value is -1.30. The van der Waals surface area contributed by atoms with E-state index in [-0.39, 0.29) is 0 Å². The zero-order valence-electron chi connectivity index (χ0n) is 11.6. The fraction of sp³-hybridized carbons (Fsp3) is 0.643. The number of alkyl halides is 3. The van der Waals surface area contributed by atoms with Gasteiger partial charge in [-0.2, -0.15) is 13.2 Å². The lowest BCUT2D eigenvalue weighted by molar-refractivity contribution is -0.141. The molecule has 1 N–H and O–H groups in total. The van der Waals surface area contributed by atoms with E-state index in [1.807, 2.05) is 4.90 Å². The molecule has 2 heterocycles. The van der Waals surface area contributed by atoms with Gasteiger partial charge < -0.3 is 10.2 Å². The Labute approximate surface area is 117 Å². The molecule has 1 aromatic heterocycles. The Balaban J connectivity index is 2.07. The third kappa shape index (κ3) is 3.85. The Morgan fingerprint density at radius 1 is 1.40 bits per heavy atom. The van der Waals surface area contributed by atoms with Crippen molar-refractivity contribution in [1.82, 2.24) is 10.3 Å². The second-order valence-electron chi connectivity index (χ2n) is 5.12. The molecule has 20 heavy (non-hydrogen) atoms. The van der Waals surface area contributed by atoms with E-state index in [1.54, 1.807) is 6.07 Å². The number of anilines is 1. The maximum absolute atomic E-state index is 12.7. The topological polar surface area (TPSA) is 28.2 Å². The van der Waals surface area contributed by atoms with Gasteiger partial charge in [0.15, 0.2) is 0 Å². The third-order valence-electron chi connectivity index (χ3n) is 3.45. The number of rotatable bonds is 4. The maximum Gasteiger partial charge on any atom is 0.433 e. The predicted octanol–water partition coefficient (Wildman–Crippen LogP) is 3.07. The van der Waals surface area contributed by atoms with E-state index in [0.717, 1.165) is 38.4 Å². The van der Waals surface area contributed by atoms with Crippen LogP contribution in [0.3, 0.4) is 0 Å². The Morgan fingerprint density at radius 2 is 2.20 bits per heavy atom. The first-order valence-electron chi connectivity index (χ1n) is 7.03. The van der Waals surface area contributed by atoms with E-state index in [2.05, 4.69) is 17.2 Å². The molecular weight excluding hydrogens is 267 g/mol. The maximum atomic E-state index is 12.7. The standard InChI is InChI=1S/C14H20F3N3/c1-2-8-18-11-5-4-9-20(10-11)13-7-3-6-12(19-13)14(15,16)17/h3,6-7,11,18H,2,4-5,8-10H2,1H3. The Kier molecular flexibility index (Phi) is 4.86. The number of hydrogen-bond acceptors (Lipinski definition) is 3. The number of halogens is 3. The number of nitrogens with one attached hydrogen (secondary N) is 1. The largest absolute Gasteiger partial charge is 0.433 e. The van der Waals surface area contributed by atoms with Gasteiger partial charge in [0.05, 0.1) is 0 Å². The Bertz CT molecular complexity index is 434. The number of aromatic nitrogens is 1. The zero-order valence-corrected chi connectivity index (χ0v) is 11.6. The highest BCUT2D eigenvalue weighted by Crippen LogP contribution is 2.29. The molecule has 1 atom stereocenters. The molecule has 1 aliphatic rings. The molecule has 0 radical (unpaired) electrons. The summed E-state index contributed by atoms with van der Waals surface area (Å²) < 4.78 is 38.1. The van der Waals surface area contributed by atoms with E-state index in [1.165, 1.54) is 6.07 Å². The lowest BCUT2D eigenvalue weighted by atomic mass is 10.1. The van der Waals surface area contributed by atoms with Gasteiger partial charge in [0, 0.05) is 19.1 Å². The quantitative estimate of drug-likeness (QED) is 0.922. The molecule has 0 amide bonds. The SMILES string of the molecule is CCCNC1CCCN(c2cccc(C(F)(F)F)n2)C1. The molecule has 0 spiro atoms. The molecule has 0 bridgehead atoms. The van der Waals surface area contributed by atoms with Gasteiger partial charge in [0.1, 0.15) is 11.5 Å². The van der Waals surface area contributed by atoms with Crippen LogP contribution in [0.25, 0.3) is 0 Å². The van der Waals surface area contributed by atoms with Crippen molar-refractivity contribution < 1.29 is 13.2 Å². The molecule has 2 rings (SSSR count). The van der Waals surface area contributed by atoms with E-state index < -0.39 is 11.9 Å². The van der Waals surface area contributed by atoms with Gasteiger partial charge in [-0.3, -0.25) is 0 Å². The highest BCUT2D eigenvalue weighted by molar-refractivity contribution is 5.40. The highest BCUT2D eigenvalue weighted by atomic mass is 19.4. The number of pyridine rings is 1. The van der Waals surface area contributed by atoms with Gasteiger partial charge >= 0.3 is 6.18 Å². The summed E-state index contributed by atoms with van der Waals surface area (Å²) in [6.07, 6.45) is -1.29. The van der Waals surface area contributed by atoms with E-state index in [4.69, 9.17) is 0 Å². The molecule has 6 heteroatoms. The first-order chi connectivity index (χ1) is 9.50. The van der Waals surface area contributed by atoms with Gasteiger partial charge in [0.25, 0.3) is 0 Å². The van der Waals surface area contributed by atoms with Crippen molar-refractivity contribution >= 4 is 5.82 Å². The van der Waals surface area contributed by atoms with Gasteiger partial charge in [-0.15, -0.1) is 0 Å². The van der Waals surface area contributed by atoms with Crippen molar-refractivity contribution in [3.8, 4) is 0 Å². The van der Waals surface area contributed by atoms with Crippen LogP contribution in [0.2, 0.25) is 0 Å². The molecular formula is C14H20F3N3. The molecule has 1 saturated heterocycles. The van der Waals surface area contributed by atoms with Crippen LogP contribution >= 0.6 is 0 Å². The number of hydrogen-bond donors (Lipinski definition) is 1. The number of piperidine rings is 1. The monoisotopic (exact) mass is 287 g/mol. The molecule has 1 fully saturated rings. The molecule has 0 saturated carbocycles. The fourth-order valence-electron chi connectivity index (χ4n) is 2.46. The summed E-state index contributed by atoms with van der Waals surface area (Å²) in [6, 6.07) is 4.42. The van der Waals surface area contributed by atoms with Crippen molar-refractivity contribution in [2.75, 3.05) is 24.5 Å². The van der Waals surface area contributed by atoms with E-state index >= 15 is 0 Å². The van der Waals surface area contributed by atoms with Crippen LogP contribution in [0, 0.1) is 0 Å². The molecule has 1 aliphatic heterocycles. The summed E-state index contributed by atoms with van der Waals surface area (Å²) in [4.78, 5) is 5.69. The summed E-state index contributed by atoms with van der Waals surface area (Å²) >= 11 is 0. The van der Waals surface area contributed by atoms with Crippen LogP contribution in [0.1, 0.15) is 31.9 Å². The fourth-order valence-corrected chi connectivity index (χ4v) is 2.46. The summed E-state index contributed by atoms with van der Waals surface area (Å²) in [6.45, 7) is 4.52. The summed E-state index contributed by atoms with van der Waals surface area (Å²) in [5.74, 6) is 0.419. The van der Waals surface area contributed by atoms with Crippen LogP contribution in [0.4, 0.5) is 19.0 Å². The van der Waals surface area contributed by atoms with Crippen molar-refractivity contribution in [3.05, 3.63) is 23.9 Å². The highest BCUT2D eigenvalue weighted by Gasteiger charge is 2.33. The second-order valence-corrected chi connectivity index (χ2v) is 5.12. The van der Waals surface area contributed by atoms with Crippen LogP contribution in [-0.4, -0.2) is 30.7 Å². The molecule has 3 nitrogen and oxygen atoms in total. The first kappa shape index (κ1) is 15.1.